The Balaban J connectivity index is 2.81. The second-order valence-electron chi connectivity index (χ2n) is 4.47. The van der Waals surface area contributed by atoms with Crippen molar-refractivity contribution >= 4 is 0 Å². The lowest BCUT2D eigenvalue weighted by Gasteiger charge is -2.21. The lowest BCUT2D eigenvalue weighted by molar-refractivity contribution is 0.346. The van der Waals surface area contributed by atoms with Crippen molar-refractivity contribution in [1.29, 1.82) is 0 Å². The van der Waals surface area contributed by atoms with Crippen LogP contribution in [0.2, 0.25) is 0 Å². The molecule has 0 radical (unpaired) electrons. The molecule has 1 heterocycles. The van der Waals surface area contributed by atoms with Crippen molar-refractivity contribution in [3.8, 4) is 0 Å². The van der Waals surface area contributed by atoms with Crippen LogP contribution in [0.5, 0.6) is 0 Å². The predicted octanol–water partition coefficient (Wildman–Crippen LogP) is 2.16. The number of aromatic nitrogens is 2. The average molecular weight is 195 g/mol. The molecule has 3 heteroatoms. The van der Waals surface area contributed by atoms with E-state index in [-0.39, 0.29) is 0 Å². The van der Waals surface area contributed by atoms with Gasteiger partial charge in [0.1, 0.15) is 5.82 Å². The highest BCUT2D eigenvalue weighted by atomic mass is 15.2. The van der Waals surface area contributed by atoms with Gasteiger partial charge in [-0.15, -0.1) is 0 Å². The quantitative estimate of drug-likeness (QED) is 0.734. The minimum Gasteiger partial charge on any atom is -0.331 e. The Kier molecular flexibility index (Phi) is 3.69. The minimum atomic E-state index is 0.521. The Hall–Kier alpha value is -0.830. The Labute approximate surface area is 86.7 Å². The van der Waals surface area contributed by atoms with Crippen molar-refractivity contribution in [2.45, 2.75) is 33.4 Å². The molecular weight excluding hydrogens is 174 g/mol. The summed E-state index contributed by atoms with van der Waals surface area (Å²) in [6.07, 6.45) is 3.96. The van der Waals surface area contributed by atoms with Crippen LogP contribution in [0.25, 0.3) is 0 Å². The molecule has 0 aliphatic carbocycles. The molecule has 0 fully saturated rings. The zero-order chi connectivity index (χ0) is 10.7. The fraction of sp³-hybridized carbons (Fsp3) is 0.727. The van der Waals surface area contributed by atoms with E-state index in [9.17, 15) is 0 Å². The molecule has 0 N–H and O–H groups in total. The minimum absolute atomic E-state index is 0.521. The lowest BCUT2D eigenvalue weighted by atomic mass is 10.1. The van der Waals surface area contributed by atoms with E-state index in [1.165, 1.54) is 0 Å². The van der Waals surface area contributed by atoms with E-state index < -0.39 is 0 Å². The molecule has 0 aliphatic heterocycles. The summed E-state index contributed by atoms with van der Waals surface area (Å²) in [5.74, 6) is 1.79. The van der Waals surface area contributed by atoms with Crippen molar-refractivity contribution in [2.75, 3.05) is 14.1 Å². The van der Waals surface area contributed by atoms with Crippen molar-refractivity contribution in [3.05, 3.63) is 18.2 Å². The maximum Gasteiger partial charge on any atom is 0.123 e. The third-order valence-corrected chi connectivity index (χ3v) is 2.61. The molecule has 0 spiro atoms. The molecule has 0 bridgehead atoms. The van der Waals surface area contributed by atoms with E-state index >= 15 is 0 Å². The van der Waals surface area contributed by atoms with Crippen LogP contribution in [-0.2, 0) is 6.54 Å². The first-order chi connectivity index (χ1) is 6.52. The molecule has 1 aromatic heterocycles. The molecule has 1 atom stereocenters. The first-order valence-electron chi connectivity index (χ1n) is 5.18. The molecule has 0 amide bonds. The Morgan fingerprint density at radius 1 is 1.36 bits per heavy atom. The van der Waals surface area contributed by atoms with Crippen LogP contribution in [0.3, 0.4) is 0 Å². The van der Waals surface area contributed by atoms with Crippen LogP contribution in [0, 0.1) is 5.92 Å². The topological polar surface area (TPSA) is 21.1 Å². The maximum atomic E-state index is 4.38. The Morgan fingerprint density at radius 2 is 2.00 bits per heavy atom. The smallest absolute Gasteiger partial charge is 0.123 e. The zero-order valence-corrected chi connectivity index (χ0v) is 9.86. The van der Waals surface area contributed by atoms with Gasteiger partial charge in [0.2, 0.25) is 0 Å². The molecule has 3 nitrogen and oxygen atoms in total. The number of rotatable bonds is 4. The van der Waals surface area contributed by atoms with Crippen molar-refractivity contribution in [2.24, 2.45) is 5.92 Å². The Bertz CT molecular complexity index is 276. The molecular formula is C11H21N3. The first kappa shape index (κ1) is 11.2. The van der Waals surface area contributed by atoms with Gasteiger partial charge in [0, 0.05) is 18.4 Å². The van der Waals surface area contributed by atoms with Gasteiger partial charge in [-0.2, -0.15) is 0 Å². The van der Waals surface area contributed by atoms with Gasteiger partial charge in [0.25, 0.3) is 0 Å². The van der Waals surface area contributed by atoms with Crippen LogP contribution in [0.1, 0.15) is 32.6 Å². The lowest BCUT2D eigenvalue weighted by Crippen LogP contribution is -2.19. The van der Waals surface area contributed by atoms with Gasteiger partial charge in [-0.3, -0.25) is 0 Å². The third kappa shape index (κ3) is 2.58. The fourth-order valence-corrected chi connectivity index (χ4v) is 1.44. The number of imidazole rings is 1. The summed E-state index contributed by atoms with van der Waals surface area (Å²) in [7, 11) is 4.14. The second-order valence-corrected chi connectivity index (χ2v) is 4.47. The predicted molar refractivity (Wildman–Crippen MR) is 59.2 cm³/mol. The van der Waals surface area contributed by atoms with E-state index in [1.807, 2.05) is 6.20 Å². The summed E-state index contributed by atoms with van der Waals surface area (Å²) >= 11 is 0. The molecule has 80 valence electrons. The van der Waals surface area contributed by atoms with Crippen LogP contribution in [-0.4, -0.2) is 28.5 Å². The highest BCUT2D eigenvalue weighted by molar-refractivity contribution is 4.94. The Morgan fingerprint density at radius 3 is 2.50 bits per heavy atom. The van der Waals surface area contributed by atoms with Crippen LogP contribution in [0.4, 0.5) is 0 Å². The molecule has 14 heavy (non-hydrogen) atoms. The highest BCUT2D eigenvalue weighted by Gasteiger charge is 2.13. The summed E-state index contributed by atoms with van der Waals surface area (Å²) in [6, 6.07) is 0.521. The largest absolute Gasteiger partial charge is 0.331 e. The second kappa shape index (κ2) is 4.60. The summed E-state index contributed by atoms with van der Waals surface area (Å²) in [5, 5.41) is 0. The van der Waals surface area contributed by atoms with E-state index in [1.54, 1.807) is 0 Å². The van der Waals surface area contributed by atoms with Crippen LogP contribution < -0.4 is 0 Å². The average Bonchev–Trinajstić information content (AvgIpc) is 2.49. The van der Waals surface area contributed by atoms with Gasteiger partial charge in [-0.25, -0.2) is 4.98 Å². The number of nitrogens with zero attached hydrogens (tertiary/aromatic N) is 3. The summed E-state index contributed by atoms with van der Waals surface area (Å²) in [4.78, 5) is 6.53. The molecule has 1 aromatic rings. The van der Waals surface area contributed by atoms with Gasteiger partial charge in [0.05, 0.1) is 6.54 Å². The molecule has 1 rings (SSSR count). The van der Waals surface area contributed by atoms with Gasteiger partial charge in [-0.1, -0.05) is 13.8 Å². The summed E-state index contributed by atoms with van der Waals surface area (Å²) < 4.78 is 2.27. The first-order valence-corrected chi connectivity index (χ1v) is 5.18. The maximum absolute atomic E-state index is 4.38. The van der Waals surface area contributed by atoms with E-state index in [2.05, 4.69) is 55.5 Å². The van der Waals surface area contributed by atoms with E-state index in [4.69, 9.17) is 0 Å². The molecule has 0 aliphatic rings. The number of hydrogen-bond acceptors (Lipinski definition) is 2. The van der Waals surface area contributed by atoms with Crippen LogP contribution in [0.15, 0.2) is 12.4 Å². The van der Waals surface area contributed by atoms with Gasteiger partial charge < -0.3 is 9.47 Å². The monoisotopic (exact) mass is 195 g/mol. The SMILES string of the molecule is CC(C)C(C)n1ccnc1CN(C)C. The van der Waals surface area contributed by atoms with Crippen molar-refractivity contribution in [3.63, 3.8) is 0 Å². The molecule has 0 saturated carbocycles. The summed E-state index contributed by atoms with van der Waals surface area (Å²) in [5.41, 5.74) is 0. The van der Waals surface area contributed by atoms with Gasteiger partial charge in [0.15, 0.2) is 0 Å². The highest BCUT2D eigenvalue weighted by Crippen LogP contribution is 2.18. The normalized spacial score (nSPS) is 13.9. The molecule has 0 saturated heterocycles. The summed E-state index contributed by atoms with van der Waals surface area (Å²) in [6.45, 7) is 7.63. The molecule has 1 unspecified atom stereocenters. The van der Waals surface area contributed by atoms with E-state index in [0.717, 1.165) is 12.4 Å². The number of hydrogen-bond donors (Lipinski definition) is 0. The van der Waals surface area contributed by atoms with Crippen molar-refractivity contribution < 1.29 is 0 Å². The zero-order valence-electron chi connectivity index (χ0n) is 9.86. The van der Waals surface area contributed by atoms with Crippen molar-refractivity contribution in [1.82, 2.24) is 14.5 Å². The molecule has 0 aromatic carbocycles. The third-order valence-electron chi connectivity index (χ3n) is 2.61. The van der Waals surface area contributed by atoms with Gasteiger partial charge in [-0.05, 0) is 26.9 Å². The van der Waals surface area contributed by atoms with E-state index in [0.29, 0.717) is 12.0 Å². The fourth-order valence-electron chi connectivity index (χ4n) is 1.44. The van der Waals surface area contributed by atoms with Gasteiger partial charge >= 0.3 is 0 Å². The standard InChI is InChI=1S/C11H21N3/c1-9(2)10(3)14-7-6-12-11(14)8-13(4)5/h6-7,9-10H,8H2,1-5H3. The van der Waals surface area contributed by atoms with Crippen LogP contribution >= 0.6 is 0 Å².